The number of nitrogens with two attached hydrogens (primary N) is 1. The second-order valence-electron chi connectivity index (χ2n) is 8.11. The van der Waals surface area contributed by atoms with Crippen LogP contribution in [0.5, 0.6) is 0 Å². The van der Waals surface area contributed by atoms with Gasteiger partial charge in [-0.2, -0.15) is 18.3 Å². The maximum Gasteiger partial charge on any atom is 0.419 e. The van der Waals surface area contributed by atoms with E-state index in [1.807, 2.05) is 23.1 Å². The lowest BCUT2D eigenvalue weighted by Crippen LogP contribution is -2.60. The molecule has 1 fully saturated rings. The fourth-order valence-corrected chi connectivity index (χ4v) is 3.79. The summed E-state index contributed by atoms with van der Waals surface area (Å²) >= 11 is 0. The van der Waals surface area contributed by atoms with Crippen LogP contribution in [0.15, 0.2) is 30.3 Å². The summed E-state index contributed by atoms with van der Waals surface area (Å²) in [6.07, 6.45) is -4.85. The van der Waals surface area contributed by atoms with Crippen LogP contribution < -0.4 is 16.0 Å². The maximum absolute atomic E-state index is 14.4. The van der Waals surface area contributed by atoms with Crippen molar-refractivity contribution in [2.24, 2.45) is 0 Å². The molecule has 4 N–H and O–H groups in total. The molecule has 0 atom stereocenters. The fraction of sp³-hybridized carbons (Fsp3) is 0.333. The number of aliphatic hydroxyl groups is 1. The summed E-state index contributed by atoms with van der Waals surface area (Å²) in [7, 11) is 0. The van der Waals surface area contributed by atoms with E-state index in [9.17, 15) is 22.7 Å². The number of halogens is 4. The summed E-state index contributed by atoms with van der Waals surface area (Å²) < 4.78 is 53.7. The van der Waals surface area contributed by atoms with Crippen LogP contribution in [0, 0.1) is 12.7 Å². The Morgan fingerprint density at radius 3 is 2.52 bits per heavy atom. The highest BCUT2D eigenvalue weighted by atomic mass is 19.4. The molecule has 10 heteroatoms. The number of rotatable bonds is 4. The SMILES string of the molecule is Cc1nnc(NCc2cc(N)cc(C(F)(F)F)c2F)c2cc(N3CC(C)(O)C3)ccc12. The molecule has 1 aliphatic heterocycles. The highest BCUT2D eigenvalue weighted by Gasteiger charge is 2.37. The molecule has 4 rings (SSSR count). The zero-order valence-electron chi connectivity index (χ0n) is 16.9. The van der Waals surface area contributed by atoms with Gasteiger partial charge in [0.15, 0.2) is 5.82 Å². The van der Waals surface area contributed by atoms with E-state index in [0.29, 0.717) is 36.1 Å². The van der Waals surface area contributed by atoms with E-state index >= 15 is 0 Å². The second-order valence-corrected chi connectivity index (χ2v) is 8.11. The molecule has 31 heavy (non-hydrogen) atoms. The van der Waals surface area contributed by atoms with Crippen LogP contribution in [0.3, 0.4) is 0 Å². The molecule has 0 aliphatic carbocycles. The van der Waals surface area contributed by atoms with Gasteiger partial charge in [0.2, 0.25) is 0 Å². The summed E-state index contributed by atoms with van der Waals surface area (Å²) in [4.78, 5) is 1.99. The van der Waals surface area contributed by atoms with Gasteiger partial charge in [-0.1, -0.05) is 6.07 Å². The smallest absolute Gasteiger partial charge is 0.399 e. The number of aryl methyl sites for hydroxylation is 1. The van der Waals surface area contributed by atoms with Crippen molar-refractivity contribution in [2.75, 3.05) is 29.0 Å². The Bertz CT molecular complexity index is 1150. The fourth-order valence-electron chi connectivity index (χ4n) is 3.79. The van der Waals surface area contributed by atoms with Crippen molar-refractivity contribution in [1.29, 1.82) is 0 Å². The van der Waals surface area contributed by atoms with E-state index in [4.69, 9.17) is 5.73 Å². The van der Waals surface area contributed by atoms with Crippen molar-refractivity contribution >= 4 is 28.0 Å². The third-order valence-electron chi connectivity index (χ3n) is 5.30. The molecule has 1 aromatic heterocycles. The zero-order chi connectivity index (χ0) is 22.6. The molecule has 0 spiro atoms. The summed E-state index contributed by atoms with van der Waals surface area (Å²) in [6.45, 7) is 4.25. The molecule has 0 amide bonds. The van der Waals surface area contributed by atoms with Crippen molar-refractivity contribution in [2.45, 2.75) is 32.2 Å². The van der Waals surface area contributed by atoms with Gasteiger partial charge in [0.05, 0.1) is 16.9 Å². The maximum atomic E-state index is 14.4. The average molecular weight is 435 g/mol. The molecule has 1 saturated heterocycles. The number of benzene rings is 2. The van der Waals surface area contributed by atoms with Gasteiger partial charge in [0.25, 0.3) is 0 Å². The Kier molecular flexibility index (Phi) is 4.92. The summed E-state index contributed by atoms with van der Waals surface area (Å²) in [6, 6.07) is 7.38. The number of hydrogen-bond donors (Lipinski definition) is 3. The van der Waals surface area contributed by atoms with Crippen LogP contribution in [0.2, 0.25) is 0 Å². The van der Waals surface area contributed by atoms with Gasteiger partial charge in [-0.15, -0.1) is 5.10 Å². The Morgan fingerprint density at radius 2 is 1.87 bits per heavy atom. The third-order valence-corrected chi connectivity index (χ3v) is 5.30. The van der Waals surface area contributed by atoms with Crippen LogP contribution in [0.1, 0.15) is 23.7 Å². The molecule has 6 nitrogen and oxygen atoms in total. The first-order valence-corrected chi connectivity index (χ1v) is 9.58. The van der Waals surface area contributed by atoms with Crippen LogP contribution in [0.4, 0.5) is 34.8 Å². The Morgan fingerprint density at radius 1 is 1.16 bits per heavy atom. The van der Waals surface area contributed by atoms with Crippen LogP contribution in [-0.2, 0) is 12.7 Å². The van der Waals surface area contributed by atoms with E-state index in [1.54, 1.807) is 13.8 Å². The van der Waals surface area contributed by atoms with E-state index < -0.39 is 23.2 Å². The molecule has 0 saturated carbocycles. The minimum Gasteiger partial charge on any atom is -0.399 e. The second kappa shape index (κ2) is 7.23. The van der Waals surface area contributed by atoms with Gasteiger partial charge >= 0.3 is 6.18 Å². The number of fused-ring (bicyclic) bond motifs is 1. The molecular formula is C21H21F4N5O. The highest BCUT2D eigenvalue weighted by Crippen LogP contribution is 2.35. The molecule has 2 heterocycles. The molecule has 2 aromatic carbocycles. The lowest BCUT2D eigenvalue weighted by Gasteiger charge is -2.45. The van der Waals surface area contributed by atoms with E-state index in [-0.39, 0.29) is 17.8 Å². The Balaban J connectivity index is 1.66. The third kappa shape index (κ3) is 4.07. The Labute approximate surface area is 175 Å². The molecule has 164 valence electrons. The number of aromatic nitrogens is 2. The number of nitrogen functional groups attached to an aromatic ring is 1. The first-order chi connectivity index (χ1) is 14.4. The number of alkyl halides is 3. The van der Waals surface area contributed by atoms with Gasteiger partial charge in [-0.25, -0.2) is 4.39 Å². The number of β-amino-alcohol motifs (C(OH)–C–C–N with tert-alkyl or cyclic N) is 1. The normalized spacial score (nSPS) is 15.8. The minimum absolute atomic E-state index is 0.183. The van der Waals surface area contributed by atoms with Gasteiger partial charge in [-0.3, -0.25) is 0 Å². The van der Waals surface area contributed by atoms with Crippen molar-refractivity contribution in [3.63, 3.8) is 0 Å². The zero-order valence-corrected chi connectivity index (χ0v) is 16.9. The summed E-state index contributed by atoms with van der Waals surface area (Å²) in [5.74, 6) is -1.06. The highest BCUT2D eigenvalue weighted by molar-refractivity contribution is 5.95. The summed E-state index contributed by atoms with van der Waals surface area (Å²) in [5, 5.41) is 22.6. The van der Waals surface area contributed by atoms with Crippen molar-refractivity contribution < 1.29 is 22.7 Å². The molecular weight excluding hydrogens is 414 g/mol. The van der Waals surface area contributed by atoms with Gasteiger partial charge < -0.3 is 21.1 Å². The molecule has 0 radical (unpaired) electrons. The van der Waals surface area contributed by atoms with Crippen molar-refractivity contribution in [3.05, 3.63) is 53.0 Å². The molecule has 1 aliphatic rings. The van der Waals surface area contributed by atoms with E-state index in [0.717, 1.165) is 17.1 Å². The summed E-state index contributed by atoms with van der Waals surface area (Å²) in [5.41, 5.74) is 4.54. The predicted octanol–water partition coefficient (Wildman–Crippen LogP) is 3.86. The van der Waals surface area contributed by atoms with Crippen LogP contribution >= 0.6 is 0 Å². The lowest BCUT2D eigenvalue weighted by atomic mass is 9.95. The van der Waals surface area contributed by atoms with Crippen LogP contribution in [-0.4, -0.2) is 34.0 Å². The van der Waals surface area contributed by atoms with E-state index in [1.165, 1.54) is 0 Å². The number of nitrogens with one attached hydrogen (secondary N) is 1. The quantitative estimate of drug-likeness (QED) is 0.426. The van der Waals surface area contributed by atoms with Gasteiger partial charge in [-0.05, 0) is 38.1 Å². The molecule has 0 unspecified atom stereocenters. The number of hydrogen-bond acceptors (Lipinski definition) is 6. The van der Waals surface area contributed by atoms with Crippen LogP contribution in [0.25, 0.3) is 10.8 Å². The average Bonchev–Trinajstić information content (AvgIpc) is 2.66. The first kappa shape index (κ1) is 21.1. The van der Waals surface area contributed by atoms with Gasteiger partial charge in [0.1, 0.15) is 5.82 Å². The van der Waals surface area contributed by atoms with Crippen molar-refractivity contribution in [1.82, 2.24) is 10.2 Å². The topological polar surface area (TPSA) is 87.3 Å². The molecule has 0 bridgehead atoms. The lowest BCUT2D eigenvalue weighted by molar-refractivity contribution is -0.140. The predicted molar refractivity (Wildman–Crippen MR) is 110 cm³/mol. The minimum atomic E-state index is -4.85. The van der Waals surface area contributed by atoms with Gasteiger partial charge in [0, 0.05) is 47.3 Å². The van der Waals surface area contributed by atoms with Crippen molar-refractivity contribution in [3.8, 4) is 0 Å². The van der Waals surface area contributed by atoms with E-state index in [2.05, 4.69) is 15.5 Å². The monoisotopic (exact) mass is 435 g/mol. The number of nitrogens with zero attached hydrogens (tertiary/aromatic N) is 3. The molecule has 3 aromatic rings. The Hall–Kier alpha value is -3.14. The largest absolute Gasteiger partial charge is 0.419 e. The number of anilines is 3. The first-order valence-electron chi connectivity index (χ1n) is 9.58. The standard InChI is InChI=1S/C21H21F4N5O/c1-11-15-4-3-14(30-9-20(2,31)10-30)7-16(15)19(29-28-11)27-8-12-5-13(26)6-17(18(12)22)21(23,24)25/h3-7,31H,8-10,26H2,1-2H3,(H,27,29).